The van der Waals surface area contributed by atoms with E-state index in [1.54, 1.807) is 6.07 Å². The van der Waals surface area contributed by atoms with Crippen molar-refractivity contribution < 1.29 is 27.5 Å². The van der Waals surface area contributed by atoms with Crippen LogP contribution in [0.15, 0.2) is 54.6 Å². The fraction of sp³-hybridized carbons (Fsp3) is 0.250. The number of methoxy groups -OCH3 is 1. The van der Waals surface area contributed by atoms with Crippen LogP contribution in [0.5, 0.6) is 0 Å². The summed E-state index contributed by atoms with van der Waals surface area (Å²) in [6, 6.07) is 12.2. The van der Waals surface area contributed by atoms with Crippen LogP contribution in [0.1, 0.15) is 22.3 Å². The summed E-state index contributed by atoms with van der Waals surface area (Å²) in [4.78, 5) is 28.0. The summed E-state index contributed by atoms with van der Waals surface area (Å²) in [5.74, 6) is -4.85. The Morgan fingerprint density at radius 3 is 2.14 bits per heavy atom. The minimum absolute atomic E-state index is 0.0524. The van der Waals surface area contributed by atoms with Gasteiger partial charge in [-0.2, -0.15) is 13.2 Å². The van der Waals surface area contributed by atoms with Crippen LogP contribution in [0.3, 0.4) is 0 Å². The minimum atomic E-state index is -5.02. The molecule has 0 saturated heterocycles. The van der Waals surface area contributed by atoms with E-state index in [0.717, 1.165) is 19.2 Å². The van der Waals surface area contributed by atoms with Gasteiger partial charge in [-0.15, -0.1) is 0 Å². The highest BCUT2D eigenvalue weighted by molar-refractivity contribution is 6.30. The summed E-state index contributed by atoms with van der Waals surface area (Å²) in [5, 5.41) is 0.219. The van der Waals surface area contributed by atoms with Crippen molar-refractivity contribution in [2.45, 2.75) is 18.1 Å². The number of carbonyl (C=O) groups excluding carboxylic acids is 2. The van der Waals surface area contributed by atoms with Crippen molar-refractivity contribution in [3.05, 3.63) is 82.2 Å². The molecule has 8 heteroatoms. The van der Waals surface area contributed by atoms with Gasteiger partial charge in [-0.25, -0.2) is 11.4 Å². The summed E-state index contributed by atoms with van der Waals surface area (Å²) in [5.41, 5.74) is -2.97. The molecule has 28 heavy (non-hydrogen) atoms. The zero-order chi connectivity index (χ0) is 20.9. The summed E-state index contributed by atoms with van der Waals surface area (Å²) < 4.78 is 46.6. The Labute approximate surface area is 164 Å². The molecule has 2 aromatic carbocycles. The van der Waals surface area contributed by atoms with E-state index >= 15 is 0 Å². The maximum atomic E-state index is 14.0. The van der Waals surface area contributed by atoms with Gasteiger partial charge in [0, 0.05) is 22.6 Å². The van der Waals surface area contributed by atoms with Gasteiger partial charge >= 0.3 is 17.7 Å². The molecule has 0 bridgehead atoms. The van der Waals surface area contributed by atoms with Crippen LogP contribution in [-0.2, 0) is 15.1 Å². The molecule has 0 saturated carbocycles. The number of ether oxygens (including phenoxy) is 1. The van der Waals surface area contributed by atoms with E-state index in [4.69, 9.17) is 18.2 Å². The minimum Gasteiger partial charge on any atom is -0.463 e. The number of rotatable bonds is 6. The summed E-state index contributed by atoms with van der Waals surface area (Å²) in [7, 11) is 0.893. The van der Waals surface area contributed by atoms with E-state index in [1.807, 2.05) is 0 Å². The van der Waals surface area contributed by atoms with Gasteiger partial charge in [-0.3, -0.25) is 9.64 Å². The Morgan fingerprint density at radius 1 is 1.11 bits per heavy atom. The summed E-state index contributed by atoms with van der Waals surface area (Å²) in [6.45, 7) is 7.47. The Morgan fingerprint density at radius 2 is 1.68 bits per heavy atom. The molecule has 0 N–H and O–H groups in total. The van der Waals surface area contributed by atoms with Crippen molar-refractivity contribution in [3.8, 4) is 0 Å². The lowest BCUT2D eigenvalue weighted by molar-refractivity contribution is -0.197. The van der Waals surface area contributed by atoms with Crippen LogP contribution in [0.4, 0.5) is 13.2 Å². The second-order valence-corrected chi connectivity index (χ2v) is 6.40. The molecule has 0 aliphatic heterocycles. The number of benzene rings is 2. The third-order valence-electron chi connectivity index (χ3n) is 4.34. The summed E-state index contributed by atoms with van der Waals surface area (Å²) in [6.07, 6.45) is -6.11. The normalized spacial score (nSPS) is 14.4. The Kier molecular flexibility index (Phi) is 6.47. The van der Waals surface area contributed by atoms with Crippen LogP contribution >= 0.6 is 11.6 Å². The van der Waals surface area contributed by atoms with Crippen molar-refractivity contribution in [3.63, 3.8) is 0 Å². The predicted molar refractivity (Wildman–Crippen MR) is 96.7 cm³/mol. The Balaban J connectivity index is 2.63. The topological polar surface area (TPSA) is 47.7 Å². The molecule has 2 aromatic rings. The number of nitrogens with zero attached hydrogens (tertiary/aromatic N) is 1. The first-order valence-electron chi connectivity index (χ1n) is 8.04. The highest BCUT2D eigenvalue weighted by Gasteiger charge is 2.66. The maximum absolute atomic E-state index is 14.0. The van der Waals surface area contributed by atoms with Crippen LogP contribution in [0.25, 0.3) is 4.85 Å². The molecule has 0 unspecified atom stereocenters. The largest absolute Gasteiger partial charge is 0.463 e. The first-order chi connectivity index (χ1) is 13.2. The SMILES string of the molecule is [C-]#[N+][C@@](C(=O)OC)(c1ccc(Cl)cc1)[C@H](CC(=O)c1ccccc1)C(F)(F)F. The lowest BCUT2D eigenvalue weighted by atomic mass is 9.75. The molecule has 0 spiro atoms. The number of carbonyl (C=O) groups is 2. The van der Waals surface area contributed by atoms with Crippen LogP contribution < -0.4 is 0 Å². The Bertz CT molecular complexity index is 892. The fourth-order valence-corrected chi connectivity index (χ4v) is 3.06. The average molecular weight is 410 g/mol. The second kappa shape index (κ2) is 8.44. The molecule has 2 rings (SSSR count). The van der Waals surface area contributed by atoms with Crippen molar-refractivity contribution in [1.82, 2.24) is 0 Å². The first kappa shape index (κ1) is 21.5. The standard InChI is InChI=1S/C20H15ClF3NO3/c1-25-19(18(27)28-2,14-8-10-15(21)11-9-14)17(20(22,23)24)12-16(26)13-6-4-3-5-7-13/h3-11,17H,12H2,2H3/t17-,19-/m0/s1. The van der Waals surface area contributed by atoms with Gasteiger partial charge in [0.15, 0.2) is 11.7 Å². The Hall–Kier alpha value is -2.85. The van der Waals surface area contributed by atoms with Gasteiger partial charge in [0.05, 0.1) is 7.11 Å². The average Bonchev–Trinajstić information content (AvgIpc) is 2.68. The number of hydrogen-bond donors (Lipinski definition) is 0. The molecule has 0 aliphatic rings. The van der Waals surface area contributed by atoms with Gasteiger partial charge < -0.3 is 4.74 Å². The highest BCUT2D eigenvalue weighted by atomic mass is 35.5. The lowest BCUT2D eigenvalue weighted by Gasteiger charge is -2.29. The van der Waals surface area contributed by atoms with Gasteiger partial charge in [0.2, 0.25) is 0 Å². The molecular formula is C20H15ClF3NO3. The van der Waals surface area contributed by atoms with Crippen LogP contribution in [0, 0.1) is 12.5 Å². The molecular weight excluding hydrogens is 395 g/mol. The molecule has 0 aromatic heterocycles. The molecule has 146 valence electrons. The molecule has 2 atom stereocenters. The molecule has 0 heterocycles. The first-order valence-corrected chi connectivity index (χ1v) is 8.42. The van der Waals surface area contributed by atoms with Gasteiger partial charge in [-0.05, 0) is 24.3 Å². The number of esters is 1. The van der Waals surface area contributed by atoms with E-state index in [2.05, 4.69) is 9.58 Å². The lowest BCUT2D eigenvalue weighted by Crippen LogP contribution is -2.48. The molecule has 0 radical (unpaired) electrons. The molecule has 0 amide bonds. The smallest absolute Gasteiger partial charge is 0.401 e. The van der Waals surface area contributed by atoms with E-state index in [0.29, 0.717) is 0 Å². The van der Waals surface area contributed by atoms with Crippen LogP contribution in [0.2, 0.25) is 5.02 Å². The number of alkyl halides is 3. The number of halogens is 4. The van der Waals surface area contributed by atoms with Gasteiger partial charge in [0.25, 0.3) is 0 Å². The maximum Gasteiger partial charge on any atom is 0.401 e. The monoisotopic (exact) mass is 409 g/mol. The number of Topliss-reactive ketones (excluding diaryl/α,β-unsaturated/α-hetero) is 1. The number of ketones is 1. The quantitative estimate of drug-likeness (QED) is 0.380. The molecule has 0 fully saturated rings. The van der Waals surface area contributed by atoms with E-state index in [9.17, 15) is 22.8 Å². The van der Waals surface area contributed by atoms with Crippen molar-refractivity contribution in [2.24, 2.45) is 5.92 Å². The van der Waals surface area contributed by atoms with Gasteiger partial charge in [-0.1, -0.05) is 41.9 Å². The van der Waals surface area contributed by atoms with Crippen LogP contribution in [-0.4, -0.2) is 25.0 Å². The molecule has 0 aliphatic carbocycles. The third kappa shape index (κ3) is 4.18. The fourth-order valence-electron chi connectivity index (χ4n) is 2.94. The zero-order valence-corrected chi connectivity index (χ0v) is 15.4. The zero-order valence-electron chi connectivity index (χ0n) is 14.7. The van der Waals surface area contributed by atoms with Crippen molar-refractivity contribution in [1.29, 1.82) is 0 Å². The molecule has 4 nitrogen and oxygen atoms in total. The van der Waals surface area contributed by atoms with Gasteiger partial charge in [0.1, 0.15) is 0 Å². The van der Waals surface area contributed by atoms with E-state index < -0.39 is 35.8 Å². The number of hydrogen-bond acceptors (Lipinski definition) is 3. The third-order valence-corrected chi connectivity index (χ3v) is 4.59. The van der Waals surface area contributed by atoms with Crippen molar-refractivity contribution in [2.75, 3.05) is 7.11 Å². The predicted octanol–water partition coefficient (Wildman–Crippen LogP) is 5.08. The summed E-state index contributed by atoms with van der Waals surface area (Å²) >= 11 is 5.78. The highest BCUT2D eigenvalue weighted by Crippen LogP contribution is 2.47. The van der Waals surface area contributed by atoms with E-state index in [-0.39, 0.29) is 16.1 Å². The van der Waals surface area contributed by atoms with E-state index in [1.165, 1.54) is 36.4 Å². The second-order valence-electron chi connectivity index (χ2n) is 5.96. The van der Waals surface area contributed by atoms with Crippen molar-refractivity contribution >= 4 is 23.4 Å².